The van der Waals surface area contributed by atoms with Gasteiger partial charge in [0, 0.05) is 33.9 Å². The van der Waals surface area contributed by atoms with E-state index < -0.39 is 0 Å². The minimum absolute atomic E-state index is 0.114. The predicted octanol–water partition coefficient (Wildman–Crippen LogP) is 10.1. The highest BCUT2D eigenvalue weighted by atomic mass is 15.2. The molecule has 5 aromatic rings. The SMILES string of the molecule is CC(C)c1ccc(N2c3ccc(C(C)C)cc3B3c4cccc5c4N(c4ccccc4C54C5CC6CC(C5)CC4C6)c4cccc2c43)cc1. The van der Waals surface area contributed by atoms with Crippen LogP contribution in [0, 0.1) is 23.7 Å². The Morgan fingerprint density at radius 2 is 1.16 bits per heavy atom. The zero-order valence-corrected chi connectivity index (χ0v) is 29.3. The summed E-state index contributed by atoms with van der Waals surface area (Å²) in [7, 11) is 0. The average Bonchev–Trinajstić information content (AvgIpc) is 3.11. The molecule has 0 radical (unpaired) electrons. The first-order valence-electron chi connectivity index (χ1n) is 19.1. The molecule has 0 aromatic heterocycles. The molecule has 0 unspecified atom stereocenters. The van der Waals surface area contributed by atoms with Crippen LogP contribution in [-0.2, 0) is 5.41 Å². The van der Waals surface area contributed by atoms with E-state index in [1.54, 1.807) is 11.1 Å². The van der Waals surface area contributed by atoms with Crippen molar-refractivity contribution >= 4 is 57.2 Å². The number of hydrogen-bond donors (Lipinski definition) is 0. The molecule has 0 N–H and O–H groups in total. The first-order valence-corrected chi connectivity index (χ1v) is 19.1. The Morgan fingerprint density at radius 3 is 1.88 bits per heavy atom. The Balaban J connectivity index is 1.21. The molecule has 4 fully saturated rings. The number of hydrogen-bond acceptors (Lipinski definition) is 2. The Labute approximate surface area is 292 Å². The molecule has 4 aliphatic carbocycles. The fraction of sp³-hybridized carbons (Fsp3) is 0.348. The molecule has 0 amide bonds. The smallest absolute Gasteiger partial charge is 0.252 e. The third-order valence-corrected chi connectivity index (χ3v) is 14.0. The quantitative estimate of drug-likeness (QED) is 0.178. The molecule has 12 rings (SSSR count). The van der Waals surface area contributed by atoms with Gasteiger partial charge in [0.1, 0.15) is 0 Å². The third-order valence-electron chi connectivity index (χ3n) is 14.0. The second-order valence-electron chi connectivity index (χ2n) is 17.0. The van der Waals surface area contributed by atoms with Gasteiger partial charge in [0.05, 0.1) is 5.69 Å². The Kier molecular flexibility index (Phi) is 5.80. The highest BCUT2D eigenvalue weighted by molar-refractivity contribution is 7.00. The molecule has 0 atom stereocenters. The van der Waals surface area contributed by atoms with Gasteiger partial charge in [-0.3, -0.25) is 0 Å². The van der Waals surface area contributed by atoms with Gasteiger partial charge in [-0.15, -0.1) is 0 Å². The van der Waals surface area contributed by atoms with Crippen molar-refractivity contribution in [2.75, 3.05) is 9.80 Å². The molecule has 0 saturated heterocycles. The summed E-state index contributed by atoms with van der Waals surface area (Å²) in [6.07, 6.45) is 7.09. The molecule has 49 heavy (non-hydrogen) atoms. The number of anilines is 6. The number of benzene rings is 5. The molecule has 3 heterocycles. The molecule has 3 aliphatic heterocycles. The standard InChI is InChI=1S/C46H45BN2/c1-27(2)31-15-18-35(19-16-31)48-41-20-17-32(28(3)4)26-39(41)47-38-11-7-10-37-45(38)49(43-14-8-13-42(48)44(43)47)40-12-6-5-9-36(40)46(37)33-22-29-21-30(24-33)25-34(46)23-29/h5-20,26-30,33-34H,21-25H2,1-4H3. The fourth-order valence-corrected chi connectivity index (χ4v) is 12.2. The molecular weight excluding hydrogens is 591 g/mol. The van der Waals surface area contributed by atoms with E-state index in [2.05, 4.69) is 141 Å². The Bertz CT molecular complexity index is 2150. The molecule has 1 spiro atoms. The lowest BCUT2D eigenvalue weighted by atomic mass is 9.32. The zero-order valence-electron chi connectivity index (χ0n) is 29.3. The van der Waals surface area contributed by atoms with Crippen LogP contribution < -0.4 is 26.2 Å². The summed E-state index contributed by atoms with van der Waals surface area (Å²) < 4.78 is 0. The minimum Gasteiger partial charge on any atom is -0.311 e. The summed E-state index contributed by atoms with van der Waals surface area (Å²) >= 11 is 0. The van der Waals surface area contributed by atoms with Gasteiger partial charge in [0.15, 0.2) is 0 Å². The van der Waals surface area contributed by atoms with Crippen LogP contribution in [0.5, 0.6) is 0 Å². The van der Waals surface area contributed by atoms with E-state index in [0.29, 0.717) is 11.8 Å². The van der Waals surface area contributed by atoms with E-state index in [-0.39, 0.29) is 12.1 Å². The van der Waals surface area contributed by atoms with Crippen LogP contribution in [0.1, 0.15) is 93.9 Å². The molecule has 4 bridgehead atoms. The highest BCUT2D eigenvalue weighted by Crippen LogP contribution is 2.69. The second-order valence-corrected chi connectivity index (χ2v) is 17.0. The number of para-hydroxylation sites is 2. The van der Waals surface area contributed by atoms with Crippen LogP contribution in [0.25, 0.3) is 0 Å². The molecule has 242 valence electrons. The van der Waals surface area contributed by atoms with Crippen molar-refractivity contribution in [2.24, 2.45) is 23.7 Å². The number of nitrogens with zero attached hydrogens (tertiary/aromatic N) is 2. The summed E-state index contributed by atoms with van der Waals surface area (Å²) in [6.45, 7) is 9.44. The lowest BCUT2D eigenvalue weighted by Crippen LogP contribution is -2.64. The largest absolute Gasteiger partial charge is 0.311 e. The molecule has 5 aromatic carbocycles. The van der Waals surface area contributed by atoms with Gasteiger partial charge in [-0.2, -0.15) is 0 Å². The average molecular weight is 637 g/mol. The fourth-order valence-electron chi connectivity index (χ4n) is 12.2. The minimum atomic E-state index is 0.114. The van der Waals surface area contributed by atoms with Crippen LogP contribution in [0.15, 0.2) is 103 Å². The lowest BCUT2D eigenvalue weighted by molar-refractivity contribution is -0.0419. The van der Waals surface area contributed by atoms with Crippen molar-refractivity contribution in [1.82, 2.24) is 0 Å². The lowest BCUT2D eigenvalue weighted by Gasteiger charge is -2.64. The van der Waals surface area contributed by atoms with Crippen molar-refractivity contribution < 1.29 is 0 Å². The normalized spacial score (nSPS) is 26.3. The van der Waals surface area contributed by atoms with E-state index in [1.165, 1.54) is 93.7 Å². The molecule has 3 heteroatoms. The van der Waals surface area contributed by atoms with Gasteiger partial charge < -0.3 is 9.80 Å². The van der Waals surface area contributed by atoms with Gasteiger partial charge in [-0.1, -0.05) is 94.4 Å². The van der Waals surface area contributed by atoms with E-state index in [0.717, 1.165) is 23.7 Å². The van der Waals surface area contributed by atoms with Crippen molar-refractivity contribution in [2.45, 2.75) is 77.0 Å². The molecule has 4 saturated carbocycles. The van der Waals surface area contributed by atoms with Gasteiger partial charge in [-0.25, -0.2) is 0 Å². The maximum atomic E-state index is 2.71. The van der Waals surface area contributed by atoms with Gasteiger partial charge >= 0.3 is 0 Å². The van der Waals surface area contributed by atoms with E-state index >= 15 is 0 Å². The second kappa shape index (κ2) is 9.93. The van der Waals surface area contributed by atoms with Crippen LogP contribution in [-0.4, -0.2) is 6.71 Å². The van der Waals surface area contributed by atoms with Crippen LogP contribution in [0.4, 0.5) is 34.1 Å². The van der Waals surface area contributed by atoms with Gasteiger partial charge in [0.25, 0.3) is 6.71 Å². The van der Waals surface area contributed by atoms with E-state index in [1.807, 2.05) is 0 Å². The van der Waals surface area contributed by atoms with Crippen molar-refractivity contribution in [3.05, 3.63) is 125 Å². The van der Waals surface area contributed by atoms with Crippen LogP contribution >= 0.6 is 0 Å². The monoisotopic (exact) mass is 636 g/mol. The van der Waals surface area contributed by atoms with Crippen molar-refractivity contribution in [3.8, 4) is 0 Å². The predicted molar refractivity (Wildman–Crippen MR) is 206 cm³/mol. The summed E-state index contributed by atoms with van der Waals surface area (Å²) in [5.74, 6) is 4.31. The maximum Gasteiger partial charge on any atom is 0.252 e. The summed E-state index contributed by atoms with van der Waals surface area (Å²) in [5, 5.41) is 0. The van der Waals surface area contributed by atoms with Crippen molar-refractivity contribution in [3.63, 3.8) is 0 Å². The van der Waals surface area contributed by atoms with Crippen LogP contribution in [0.3, 0.4) is 0 Å². The van der Waals surface area contributed by atoms with Gasteiger partial charge in [-0.05, 0) is 143 Å². The highest BCUT2D eigenvalue weighted by Gasteiger charge is 2.62. The maximum absolute atomic E-state index is 2.71. The Morgan fingerprint density at radius 1 is 0.551 bits per heavy atom. The Hall–Kier alpha value is -4.24. The number of fused-ring (bicyclic) bond motifs is 6. The third kappa shape index (κ3) is 3.59. The van der Waals surface area contributed by atoms with E-state index in [4.69, 9.17) is 0 Å². The summed E-state index contributed by atoms with van der Waals surface area (Å²) in [5.41, 5.74) is 18.7. The first kappa shape index (κ1) is 28.6. The van der Waals surface area contributed by atoms with E-state index in [9.17, 15) is 0 Å². The topological polar surface area (TPSA) is 6.48 Å². The zero-order chi connectivity index (χ0) is 32.8. The van der Waals surface area contributed by atoms with Crippen molar-refractivity contribution in [1.29, 1.82) is 0 Å². The van der Waals surface area contributed by atoms with Crippen LogP contribution in [0.2, 0.25) is 0 Å². The first-order chi connectivity index (χ1) is 23.9. The summed E-state index contributed by atoms with van der Waals surface area (Å²) in [6, 6.07) is 40.9. The number of rotatable bonds is 3. The molecular formula is C46H45BN2. The summed E-state index contributed by atoms with van der Waals surface area (Å²) in [4.78, 5) is 5.27. The molecule has 7 aliphatic rings. The van der Waals surface area contributed by atoms with Gasteiger partial charge in [0.2, 0.25) is 0 Å². The molecule has 2 nitrogen and oxygen atoms in total.